The number of aromatic nitrogens is 1. The quantitative estimate of drug-likeness (QED) is 0.892. The fraction of sp³-hybridized carbons (Fsp3) is 0.500. The van der Waals surface area contributed by atoms with Crippen LogP contribution in [0.1, 0.15) is 39.0 Å². The van der Waals surface area contributed by atoms with Crippen LogP contribution < -0.4 is 10.6 Å². The van der Waals surface area contributed by atoms with Crippen LogP contribution >= 0.6 is 0 Å². The Hall–Kier alpha value is -1.61. The van der Waals surface area contributed by atoms with Gasteiger partial charge in [-0.15, -0.1) is 0 Å². The number of benzene rings is 1. The number of hydrogen-bond acceptors (Lipinski definition) is 3. The molecule has 1 aliphatic rings. The third-order valence-electron chi connectivity index (χ3n) is 4.32. The zero-order valence-corrected chi connectivity index (χ0v) is 12.8. The molecular formula is C18H25N3. The maximum atomic E-state index is 4.37. The molecule has 2 N–H and O–H groups in total. The van der Waals surface area contributed by atoms with E-state index in [4.69, 9.17) is 0 Å². The van der Waals surface area contributed by atoms with Gasteiger partial charge in [-0.3, -0.25) is 4.98 Å². The summed E-state index contributed by atoms with van der Waals surface area (Å²) in [7, 11) is 0. The van der Waals surface area contributed by atoms with Crippen LogP contribution in [-0.2, 0) is 0 Å². The van der Waals surface area contributed by atoms with Crippen molar-refractivity contribution in [3.63, 3.8) is 0 Å². The lowest BCUT2D eigenvalue weighted by molar-refractivity contribution is 0.456. The lowest BCUT2D eigenvalue weighted by atomic mass is 10.0. The van der Waals surface area contributed by atoms with Crippen LogP contribution in [0.2, 0.25) is 0 Å². The van der Waals surface area contributed by atoms with E-state index in [0.717, 1.165) is 5.52 Å². The summed E-state index contributed by atoms with van der Waals surface area (Å²) in [5, 5.41) is 8.51. The van der Waals surface area contributed by atoms with Gasteiger partial charge in [0.2, 0.25) is 0 Å². The van der Waals surface area contributed by atoms with E-state index < -0.39 is 0 Å². The summed E-state index contributed by atoms with van der Waals surface area (Å²) in [4.78, 5) is 4.37. The Morgan fingerprint density at radius 3 is 3.19 bits per heavy atom. The highest BCUT2D eigenvalue weighted by Gasteiger charge is 2.14. The minimum atomic E-state index is 0.481. The molecule has 3 nitrogen and oxygen atoms in total. The Bertz CT molecular complexity index is 573. The number of nitrogens with zero attached hydrogens (tertiary/aromatic N) is 1. The summed E-state index contributed by atoms with van der Waals surface area (Å²) in [6, 6.07) is 11.7. The van der Waals surface area contributed by atoms with Crippen LogP contribution in [0, 0.1) is 0 Å². The lowest BCUT2D eigenvalue weighted by Gasteiger charge is -2.22. The van der Waals surface area contributed by atoms with Crippen molar-refractivity contribution in [3.8, 4) is 0 Å². The minimum absolute atomic E-state index is 0.481. The monoisotopic (exact) mass is 283 g/mol. The predicted molar refractivity (Wildman–Crippen MR) is 89.7 cm³/mol. The zero-order chi connectivity index (χ0) is 14.5. The first-order valence-electron chi connectivity index (χ1n) is 8.16. The number of rotatable bonds is 4. The first-order valence-corrected chi connectivity index (χ1v) is 8.16. The molecule has 2 aromatic rings. The lowest BCUT2D eigenvalue weighted by Crippen LogP contribution is -2.33. The van der Waals surface area contributed by atoms with Crippen LogP contribution in [0.25, 0.3) is 10.9 Å². The molecule has 0 bridgehead atoms. The zero-order valence-electron chi connectivity index (χ0n) is 12.8. The molecule has 1 fully saturated rings. The van der Waals surface area contributed by atoms with Gasteiger partial charge in [0.05, 0.1) is 5.52 Å². The summed E-state index contributed by atoms with van der Waals surface area (Å²) in [5.41, 5.74) is 2.25. The van der Waals surface area contributed by atoms with Gasteiger partial charge in [-0.25, -0.2) is 0 Å². The summed E-state index contributed by atoms with van der Waals surface area (Å²) >= 11 is 0. The highest BCUT2D eigenvalue weighted by atomic mass is 15.0. The van der Waals surface area contributed by atoms with Crippen LogP contribution in [0.3, 0.4) is 0 Å². The second kappa shape index (κ2) is 6.90. The largest absolute Gasteiger partial charge is 0.383 e. The molecule has 0 radical (unpaired) electrons. The van der Waals surface area contributed by atoms with Gasteiger partial charge in [-0.1, -0.05) is 18.9 Å². The van der Waals surface area contributed by atoms with Crippen molar-refractivity contribution < 1.29 is 0 Å². The van der Waals surface area contributed by atoms with Crippen molar-refractivity contribution in [2.45, 2.75) is 51.1 Å². The van der Waals surface area contributed by atoms with Gasteiger partial charge in [0, 0.05) is 29.4 Å². The van der Waals surface area contributed by atoms with Crippen molar-refractivity contribution in [1.29, 1.82) is 0 Å². The van der Waals surface area contributed by atoms with Crippen LogP contribution in [0.5, 0.6) is 0 Å². The minimum Gasteiger partial charge on any atom is -0.383 e. The van der Waals surface area contributed by atoms with E-state index >= 15 is 0 Å². The molecule has 112 valence electrons. The van der Waals surface area contributed by atoms with Crippen molar-refractivity contribution in [3.05, 3.63) is 36.5 Å². The Balaban J connectivity index is 1.61. The highest BCUT2D eigenvalue weighted by molar-refractivity contribution is 5.82. The van der Waals surface area contributed by atoms with Crippen LogP contribution in [-0.4, -0.2) is 23.6 Å². The van der Waals surface area contributed by atoms with Gasteiger partial charge < -0.3 is 10.6 Å². The van der Waals surface area contributed by atoms with Gasteiger partial charge in [-0.2, -0.15) is 0 Å². The molecule has 2 atom stereocenters. The molecule has 0 amide bonds. The highest BCUT2D eigenvalue weighted by Crippen LogP contribution is 2.19. The van der Waals surface area contributed by atoms with Gasteiger partial charge in [-0.05, 0) is 57.0 Å². The Kier molecular flexibility index (Phi) is 4.71. The van der Waals surface area contributed by atoms with E-state index in [0.29, 0.717) is 12.1 Å². The normalized spacial score (nSPS) is 20.9. The van der Waals surface area contributed by atoms with Gasteiger partial charge in [0.15, 0.2) is 0 Å². The molecule has 3 heteroatoms. The molecule has 1 aromatic carbocycles. The van der Waals surface area contributed by atoms with E-state index in [1.807, 2.05) is 12.3 Å². The Labute approximate surface area is 127 Å². The molecule has 0 aliphatic carbocycles. The first-order chi connectivity index (χ1) is 10.3. The van der Waals surface area contributed by atoms with Gasteiger partial charge >= 0.3 is 0 Å². The van der Waals surface area contributed by atoms with Gasteiger partial charge in [0.1, 0.15) is 0 Å². The van der Waals surface area contributed by atoms with E-state index in [1.54, 1.807) is 0 Å². The smallest absolute Gasteiger partial charge is 0.0703 e. The Morgan fingerprint density at radius 2 is 2.24 bits per heavy atom. The summed E-state index contributed by atoms with van der Waals surface area (Å²) in [6.07, 6.45) is 8.42. The topological polar surface area (TPSA) is 37.0 Å². The Morgan fingerprint density at radius 1 is 1.29 bits per heavy atom. The molecule has 3 rings (SSSR count). The third-order valence-corrected chi connectivity index (χ3v) is 4.32. The second-order valence-electron chi connectivity index (χ2n) is 6.19. The second-order valence-corrected chi connectivity index (χ2v) is 6.19. The molecular weight excluding hydrogens is 258 g/mol. The molecule has 0 spiro atoms. The number of nitrogens with one attached hydrogen (secondary N) is 2. The van der Waals surface area contributed by atoms with Crippen molar-refractivity contribution in [1.82, 2.24) is 10.3 Å². The maximum Gasteiger partial charge on any atom is 0.0703 e. The number of fused-ring (bicyclic) bond motifs is 1. The standard InChI is InChI=1S/C18H25N3/c1-14(12-16-7-3-2-4-10-19-16)21-17-8-9-18-15(13-17)6-5-11-20-18/h5-6,8-9,11,13-14,16,19,21H,2-4,7,10,12H2,1H3. The van der Waals surface area contributed by atoms with E-state index in [1.165, 1.54) is 49.7 Å². The molecule has 0 saturated carbocycles. The van der Waals surface area contributed by atoms with Gasteiger partial charge in [0.25, 0.3) is 0 Å². The average Bonchev–Trinajstić information content (AvgIpc) is 2.75. The van der Waals surface area contributed by atoms with Crippen molar-refractivity contribution in [2.24, 2.45) is 0 Å². The average molecular weight is 283 g/mol. The third kappa shape index (κ3) is 3.94. The SMILES string of the molecule is CC(CC1CCCCCN1)Nc1ccc2ncccc2c1. The first kappa shape index (κ1) is 14.3. The predicted octanol–water partition coefficient (Wildman–Crippen LogP) is 3.96. The van der Waals surface area contributed by atoms with E-state index in [9.17, 15) is 0 Å². The summed E-state index contributed by atoms with van der Waals surface area (Å²) < 4.78 is 0. The number of hydrogen-bond donors (Lipinski definition) is 2. The van der Waals surface area contributed by atoms with Crippen LogP contribution in [0.4, 0.5) is 5.69 Å². The molecule has 21 heavy (non-hydrogen) atoms. The van der Waals surface area contributed by atoms with Crippen LogP contribution in [0.15, 0.2) is 36.5 Å². The van der Waals surface area contributed by atoms with Crippen molar-refractivity contribution in [2.75, 3.05) is 11.9 Å². The summed E-state index contributed by atoms with van der Waals surface area (Å²) in [5.74, 6) is 0. The number of anilines is 1. The van der Waals surface area contributed by atoms with E-state index in [2.05, 4.69) is 46.8 Å². The fourth-order valence-electron chi connectivity index (χ4n) is 3.24. The molecule has 1 aliphatic heterocycles. The maximum absolute atomic E-state index is 4.37. The van der Waals surface area contributed by atoms with E-state index in [-0.39, 0.29) is 0 Å². The molecule has 2 unspecified atom stereocenters. The fourth-order valence-corrected chi connectivity index (χ4v) is 3.24. The number of pyridine rings is 1. The molecule has 1 aromatic heterocycles. The summed E-state index contributed by atoms with van der Waals surface area (Å²) in [6.45, 7) is 3.46. The molecule has 2 heterocycles. The van der Waals surface area contributed by atoms with Crippen molar-refractivity contribution >= 4 is 16.6 Å². The molecule has 1 saturated heterocycles.